The van der Waals surface area contributed by atoms with Crippen molar-refractivity contribution in [3.05, 3.63) is 34.9 Å². The Kier molecular flexibility index (Phi) is 5.54. The molecule has 2 N–H and O–H groups in total. The third-order valence-electron chi connectivity index (χ3n) is 6.00. The molecule has 0 bridgehead atoms. The van der Waals surface area contributed by atoms with E-state index < -0.39 is 24.2 Å². The Hall–Kier alpha value is -2.46. The predicted molar refractivity (Wildman–Crippen MR) is 100 cm³/mol. The maximum absolute atomic E-state index is 13.6. The van der Waals surface area contributed by atoms with Crippen LogP contribution in [0.4, 0.5) is 13.2 Å². The molecule has 3 aliphatic heterocycles. The SMILES string of the molecule is O=C1CCC(N2Cc3cccc(CN4CCNCCC4C(F)(F)F)c3C2=O)C(=O)N1. The molecule has 2 saturated heterocycles. The summed E-state index contributed by atoms with van der Waals surface area (Å²) >= 11 is 0. The van der Waals surface area contributed by atoms with Gasteiger partial charge in [-0.25, -0.2) is 0 Å². The topological polar surface area (TPSA) is 81.8 Å². The summed E-state index contributed by atoms with van der Waals surface area (Å²) in [5.41, 5.74) is 1.60. The lowest BCUT2D eigenvalue weighted by Crippen LogP contribution is -2.52. The van der Waals surface area contributed by atoms with Gasteiger partial charge in [-0.1, -0.05) is 18.2 Å². The Bertz CT molecular complexity index is 873. The van der Waals surface area contributed by atoms with Gasteiger partial charge in [-0.15, -0.1) is 0 Å². The zero-order valence-corrected chi connectivity index (χ0v) is 16.3. The summed E-state index contributed by atoms with van der Waals surface area (Å²) in [7, 11) is 0. The number of nitrogens with one attached hydrogen (secondary N) is 2. The van der Waals surface area contributed by atoms with E-state index in [1.807, 2.05) is 0 Å². The first-order valence-corrected chi connectivity index (χ1v) is 10.0. The molecule has 1 aromatic rings. The van der Waals surface area contributed by atoms with Gasteiger partial charge in [0.25, 0.3) is 5.91 Å². The molecule has 162 valence electrons. The lowest BCUT2D eigenvalue weighted by Gasteiger charge is -2.31. The van der Waals surface area contributed by atoms with E-state index in [1.165, 1.54) is 9.80 Å². The number of rotatable bonds is 3. The highest BCUT2D eigenvalue weighted by atomic mass is 19.4. The molecule has 7 nitrogen and oxygen atoms in total. The normalized spacial score (nSPS) is 25.8. The van der Waals surface area contributed by atoms with E-state index in [-0.39, 0.29) is 57.3 Å². The molecule has 2 unspecified atom stereocenters. The second-order valence-corrected chi connectivity index (χ2v) is 7.92. The maximum atomic E-state index is 13.6. The van der Waals surface area contributed by atoms with Crippen LogP contribution < -0.4 is 10.6 Å². The molecule has 30 heavy (non-hydrogen) atoms. The quantitative estimate of drug-likeness (QED) is 0.713. The third kappa shape index (κ3) is 3.93. The van der Waals surface area contributed by atoms with Crippen molar-refractivity contribution >= 4 is 17.7 Å². The number of piperidine rings is 1. The van der Waals surface area contributed by atoms with Crippen molar-refractivity contribution < 1.29 is 27.6 Å². The number of benzene rings is 1. The Labute approximate surface area is 171 Å². The molecular weight excluding hydrogens is 401 g/mol. The molecule has 0 saturated carbocycles. The third-order valence-corrected chi connectivity index (χ3v) is 6.00. The lowest BCUT2D eigenvalue weighted by atomic mass is 10.0. The van der Waals surface area contributed by atoms with Gasteiger partial charge in [-0.05, 0) is 30.5 Å². The summed E-state index contributed by atoms with van der Waals surface area (Å²) in [4.78, 5) is 39.6. The highest BCUT2D eigenvalue weighted by Gasteiger charge is 2.45. The van der Waals surface area contributed by atoms with Crippen molar-refractivity contribution in [3.8, 4) is 0 Å². The van der Waals surface area contributed by atoms with Crippen molar-refractivity contribution in [1.82, 2.24) is 20.4 Å². The Morgan fingerprint density at radius 2 is 1.90 bits per heavy atom. The van der Waals surface area contributed by atoms with E-state index in [0.717, 1.165) is 0 Å². The number of hydrogen-bond acceptors (Lipinski definition) is 5. The maximum Gasteiger partial charge on any atom is 0.404 e. The number of nitrogens with zero attached hydrogens (tertiary/aromatic N) is 2. The fourth-order valence-corrected chi connectivity index (χ4v) is 4.53. The van der Waals surface area contributed by atoms with Crippen LogP contribution in [-0.2, 0) is 22.7 Å². The van der Waals surface area contributed by atoms with E-state index in [9.17, 15) is 27.6 Å². The molecule has 0 spiro atoms. The summed E-state index contributed by atoms with van der Waals surface area (Å²) in [6.07, 6.45) is -4.01. The zero-order valence-electron chi connectivity index (χ0n) is 16.3. The van der Waals surface area contributed by atoms with Gasteiger partial charge in [-0.2, -0.15) is 13.2 Å². The first-order valence-electron chi connectivity index (χ1n) is 10.0. The van der Waals surface area contributed by atoms with E-state index in [4.69, 9.17) is 0 Å². The van der Waals surface area contributed by atoms with E-state index >= 15 is 0 Å². The van der Waals surface area contributed by atoms with Crippen LogP contribution in [0.1, 0.15) is 40.7 Å². The molecule has 0 aliphatic carbocycles. The summed E-state index contributed by atoms with van der Waals surface area (Å²) in [6.45, 7) is 1.16. The Morgan fingerprint density at radius 3 is 2.63 bits per heavy atom. The Morgan fingerprint density at radius 1 is 1.10 bits per heavy atom. The minimum absolute atomic E-state index is 0.00393. The molecule has 3 aliphatic rings. The highest BCUT2D eigenvalue weighted by Crippen LogP contribution is 2.33. The molecule has 2 fully saturated rings. The first-order chi connectivity index (χ1) is 14.3. The molecule has 0 aromatic heterocycles. The molecule has 3 heterocycles. The van der Waals surface area contributed by atoms with Crippen molar-refractivity contribution in [3.63, 3.8) is 0 Å². The summed E-state index contributed by atoms with van der Waals surface area (Å²) in [5.74, 6) is -1.25. The summed E-state index contributed by atoms with van der Waals surface area (Å²) < 4.78 is 40.8. The van der Waals surface area contributed by atoms with Crippen LogP contribution in [0.25, 0.3) is 0 Å². The fraction of sp³-hybridized carbons (Fsp3) is 0.550. The smallest absolute Gasteiger partial charge is 0.322 e. The van der Waals surface area contributed by atoms with Crippen LogP contribution >= 0.6 is 0 Å². The second-order valence-electron chi connectivity index (χ2n) is 7.92. The molecule has 3 amide bonds. The standard InChI is InChI=1S/C20H23F3N4O3/c21-20(22,23)15-6-7-24-8-9-26(15)10-12-2-1-3-13-11-27(19(30)17(12)13)14-4-5-16(28)25-18(14)29/h1-3,14-15,24H,4-11H2,(H,25,28,29). The van der Waals surface area contributed by atoms with Gasteiger partial charge in [0.1, 0.15) is 12.1 Å². The molecule has 10 heteroatoms. The highest BCUT2D eigenvalue weighted by molar-refractivity contribution is 6.05. The van der Waals surface area contributed by atoms with Gasteiger partial charge in [0.15, 0.2) is 0 Å². The summed E-state index contributed by atoms with van der Waals surface area (Å²) in [5, 5.41) is 5.25. The molecule has 4 rings (SSSR count). The monoisotopic (exact) mass is 424 g/mol. The predicted octanol–water partition coefficient (Wildman–Crippen LogP) is 1.17. The van der Waals surface area contributed by atoms with Gasteiger partial charge in [0.2, 0.25) is 11.8 Å². The van der Waals surface area contributed by atoms with Crippen molar-refractivity contribution in [2.24, 2.45) is 0 Å². The largest absolute Gasteiger partial charge is 0.404 e. The van der Waals surface area contributed by atoms with Gasteiger partial charge < -0.3 is 10.2 Å². The van der Waals surface area contributed by atoms with E-state index in [1.54, 1.807) is 18.2 Å². The summed E-state index contributed by atoms with van der Waals surface area (Å²) in [6, 6.07) is 2.84. The number of halogens is 3. The molecule has 2 atom stereocenters. The van der Waals surface area contributed by atoms with E-state index in [2.05, 4.69) is 10.6 Å². The molecular formula is C20H23F3N4O3. The van der Waals surface area contributed by atoms with Crippen LogP contribution in [0.2, 0.25) is 0 Å². The second kappa shape index (κ2) is 7.99. The van der Waals surface area contributed by atoms with Crippen LogP contribution in [0.5, 0.6) is 0 Å². The first kappa shape index (κ1) is 20.8. The average molecular weight is 424 g/mol. The van der Waals surface area contributed by atoms with Crippen LogP contribution in [0, 0.1) is 0 Å². The lowest BCUT2D eigenvalue weighted by molar-refractivity contribution is -0.184. The minimum Gasteiger partial charge on any atom is -0.322 e. The van der Waals surface area contributed by atoms with Crippen LogP contribution in [0.15, 0.2) is 18.2 Å². The Balaban J connectivity index is 1.59. The van der Waals surface area contributed by atoms with Gasteiger partial charge >= 0.3 is 6.18 Å². The number of alkyl halides is 3. The zero-order chi connectivity index (χ0) is 21.5. The van der Waals surface area contributed by atoms with Gasteiger partial charge in [0.05, 0.1) is 0 Å². The molecule has 1 aromatic carbocycles. The molecule has 0 radical (unpaired) electrons. The van der Waals surface area contributed by atoms with Gasteiger partial charge in [0, 0.05) is 38.2 Å². The van der Waals surface area contributed by atoms with Crippen molar-refractivity contribution in [2.75, 3.05) is 19.6 Å². The number of fused-ring (bicyclic) bond motifs is 1. The van der Waals surface area contributed by atoms with Crippen molar-refractivity contribution in [1.29, 1.82) is 0 Å². The van der Waals surface area contributed by atoms with Crippen LogP contribution in [-0.4, -0.2) is 65.4 Å². The number of imide groups is 1. The van der Waals surface area contributed by atoms with Crippen molar-refractivity contribution in [2.45, 2.75) is 50.6 Å². The van der Waals surface area contributed by atoms with E-state index in [0.29, 0.717) is 23.2 Å². The number of amides is 3. The number of carbonyl (C=O) groups excluding carboxylic acids is 3. The number of hydrogen-bond donors (Lipinski definition) is 2. The van der Waals surface area contributed by atoms with Gasteiger partial charge in [-0.3, -0.25) is 24.6 Å². The fourth-order valence-electron chi connectivity index (χ4n) is 4.53. The average Bonchev–Trinajstić information content (AvgIpc) is 2.85. The minimum atomic E-state index is -4.35. The van der Waals surface area contributed by atoms with Crippen LogP contribution in [0.3, 0.4) is 0 Å². The number of carbonyl (C=O) groups is 3.